The second-order valence-corrected chi connectivity index (χ2v) is 8.81. The van der Waals surface area contributed by atoms with Crippen molar-refractivity contribution in [3.05, 3.63) is 80.4 Å². The van der Waals surface area contributed by atoms with Crippen LogP contribution in [0.3, 0.4) is 0 Å². The Labute approximate surface area is 178 Å². The van der Waals surface area contributed by atoms with Crippen LogP contribution in [-0.4, -0.2) is 22.4 Å². The Kier molecular flexibility index (Phi) is 4.44. The first-order valence-electron chi connectivity index (χ1n) is 9.02. The molecule has 0 saturated carbocycles. The van der Waals surface area contributed by atoms with Crippen molar-refractivity contribution in [3.63, 3.8) is 0 Å². The predicted octanol–water partition coefficient (Wildman–Crippen LogP) is 4.56. The van der Waals surface area contributed by atoms with Gasteiger partial charge in [0.2, 0.25) is 10.9 Å². The third-order valence-corrected chi connectivity index (χ3v) is 6.57. The van der Waals surface area contributed by atoms with Crippen molar-refractivity contribution >= 4 is 45.1 Å². The first-order valence-corrected chi connectivity index (χ1v) is 11.1. The van der Waals surface area contributed by atoms with Crippen LogP contribution in [0.2, 0.25) is 0 Å². The highest BCUT2D eigenvalue weighted by Gasteiger charge is 2.45. The number of amides is 1. The summed E-state index contributed by atoms with van der Waals surface area (Å²) in [4.78, 5) is 29.2. The summed E-state index contributed by atoms with van der Waals surface area (Å²) in [7, 11) is 0. The van der Waals surface area contributed by atoms with E-state index in [0.717, 1.165) is 16.5 Å². The first-order chi connectivity index (χ1) is 14.5. The summed E-state index contributed by atoms with van der Waals surface area (Å²) >= 11 is 2.84. The molecule has 30 heavy (non-hydrogen) atoms. The summed E-state index contributed by atoms with van der Waals surface area (Å²) in [5.74, 6) is -1.06. The van der Waals surface area contributed by atoms with E-state index in [-0.39, 0.29) is 22.3 Å². The van der Waals surface area contributed by atoms with Gasteiger partial charge in [-0.15, -0.1) is 22.0 Å². The molecule has 0 fully saturated rings. The van der Waals surface area contributed by atoms with E-state index in [1.165, 1.54) is 28.4 Å². The van der Waals surface area contributed by atoms with Crippen molar-refractivity contribution in [2.75, 3.05) is 11.2 Å². The zero-order valence-electron chi connectivity index (χ0n) is 15.9. The second-order valence-electron chi connectivity index (χ2n) is 6.77. The molecule has 1 amide bonds. The van der Waals surface area contributed by atoms with E-state index in [2.05, 4.69) is 10.2 Å². The zero-order valence-corrected chi connectivity index (χ0v) is 17.5. The Hall–Kier alpha value is -3.04. The number of carbonyl (C=O) groups is 1. The van der Waals surface area contributed by atoms with Crippen molar-refractivity contribution < 1.29 is 13.6 Å². The lowest BCUT2D eigenvalue weighted by molar-refractivity contribution is 0.0970. The number of fused-ring (bicyclic) bond motifs is 2. The van der Waals surface area contributed by atoms with Crippen molar-refractivity contribution in [3.8, 4) is 0 Å². The normalized spacial score (nSPS) is 15.8. The fraction of sp³-hybridized carbons (Fsp3) is 0.143. The molecule has 4 aromatic rings. The second kappa shape index (κ2) is 7.03. The lowest BCUT2D eigenvalue weighted by Gasteiger charge is -2.22. The van der Waals surface area contributed by atoms with E-state index in [1.54, 1.807) is 18.7 Å². The Morgan fingerprint density at radius 1 is 1.13 bits per heavy atom. The van der Waals surface area contributed by atoms with Crippen LogP contribution in [0.15, 0.2) is 56.6 Å². The monoisotopic (exact) mass is 439 g/mol. The zero-order chi connectivity index (χ0) is 21.0. The van der Waals surface area contributed by atoms with Gasteiger partial charge in [0.1, 0.15) is 16.4 Å². The van der Waals surface area contributed by atoms with Gasteiger partial charge in [-0.1, -0.05) is 23.5 Å². The fourth-order valence-electron chi connectivity index (χ4n) is 3.63. The molecule has 2 aromatic heterocycles. The SMILES string of the molecule is CSc1ccc(C2c3c(oc4ccc(F)cc4c3=O)C(=O)N2c2nnc(C)s2)cc1. The van der Waals surface area contributed by atoms with E-state index < -0.39 is 23.2 Å². The van der Waals surface area contributed by atoms with Crippen LogP contribution in [-0.2, 0) is 0 Å². The molecule has 3 heterocycles. The minimum atomic E-state index is -0.736. The molecular formula is C21H14FN3O3S2. The van der Waals surface area contributed by atoms with E-state index in [9.17, 15) is 14.0 Å². The van der Waals surface area contributed by atoms with Crippen LogP contribution >= 0.6 is 23.1 Å². The van der Waals surface area contributed by atoms with E-state index >= 15 is 0 Å². The van der Waals surface area contributed by atoms with Crippen LogP contribution in [0, 0.1) is 12.7 Å². The third kappa shape index (κ3) is 2.85. The Bertz CT molecular complexity index is 1360. The van der Waals surface area contributed by atoms with E-state index in [0.29, 0.717) is 10.1 Å². The lowest BCUT2D eigenvalue weighted by atomic mass is 9.99. The highest BCUT2D eigenvalue weighted by atomic mass is 32.2. The van der Waals surface area contributed by atoms with Gasteiger partial charge < -0.3 is 4.42 Å². The molecular weight excluding hydrogens is 425 g/mol. The van der Waals surface area contributed by atoms with E-state index in [1.807, 2.05) is 30.5 Å². The van der Waals surface area contributed by atoms with Gasteiger partial charge in [-0.05, 0) is 49.1 Å². The molecule has 5 rings (SSSR count). The average molecular weight is 439 g/mol. The highest BCUT2D eigenvalue weighted by molar-refractivity contribution is 7.98. The number of halogens is 1. The molecule has 0 saturated heterocycles. The Morgan fingerprint density at radius 3 is 2.57 bits per heavy atom. The molecule has 0 N–H and O–H groups in total. The smallest absolute Gasteiger partial charge is 0.297 e. The Balaban J connectivity index is 1.80. The number of benzene rings is 2. The molecule has 1 aliphatic rings. The number of nitrogens with zero attached hydrogens (tertiary/aromatic N) is 3. The lowest BCUT2D eigenvalue weighted by Crippen LogP contribution is -2.29. The molecule has 0 spiro atoms. The number of aryl methyl sites for hydroxylation is 1. The minimum absolute atomic E-state index is 0.0501. The molecule has 0 aliphatic carbocycles. The summed E-state index contributed by atoms with van der Waals surface area (Å²) in [6.07, 6.45) is 1.97. The molecule has 150 valence electrons. The summed E-state index contributed by atoms with van der Waals surface area (Å²) in [5.41, 5.74) is 0.653. The fourth-order valence-corrected chi connectivity index (χ4v) is 4.75. The molecule has 9 heteroatoms. The first kappa shape index (κ1) is 19.0. The number of rotatable bonds is 3. The number of aromatic nitrogens is 2. The molecule has 0 radical (unpaired) electrons. The molecule has 1 unspecified atom stereocenters. The highest BCUT2D eigenvalue weighted by Crippen LogP contribution is 2.42. The number of thioether (sulfide) groups is 1. The summed E-state index contributed by atoms with van der Waals surface area (Å²) < 4.78 is 19.6. The van der Waals surface area contributed by atoms with Gasteiger partial charge in [-0.2, -0.15) is 0 Å². The van der Waals surface area contributed by atoms with Gasteiger partial charge >= 0.3 is 0 Å². The average Bonchev–Trinajstić information content (AvgIpc) is 3.30. The van der Waals surface area contributed by atoms with Crippen molar-refractivity contribution in [1.82, 2.24) is 10.2 Å². The largest absolute Gasteiger partial charge is 0.450 e. The molecule has 0 bridgehead atoms. The number of hydrogen-bond donors (Lipinski definition) is 0. The molecule has 1 atom stereocenters. The quantitative estimate of drug-likeness (QED) is 0.436. The number of hydrogen-bond acceptors (Lipinski definition) is 7. The van der Waals surface area contributed by atoms with Crippen LogP contribution in [0.25, 0.3) is 11.0 Å². The van der Waals surface area contributed by atoms with Gasteiger partial charge in [0.25, 0.3) is 5.91 Å². The van der Waals surface area contributed by atoms with Crippen LogP contribution in [0.5, 0.6) is 0 Å². The summed E-state index contributed by atoms with van der Waals surface area (Å²) in [5, 5.41) is 9.30. The third-order valence-electron chi connectivity index (χ3n) is 4.99. The standard InChI is InChI=1S/C21H14FN3O3S2/c1-10-23-24-21(30-10)25-17(11-3-6-13(29-2)7-4-11)16-18(26)14-9-12(22)5-8-15(14)28-19(16)20(25)27/h3-9,17H,1-2H3. The number of anilines is 1. The van der Waals surface area contributed by atoms with Crippen molar-refractivity contribution in [2.24, 2.45) is 0 Å². The molecule has 6 nitrogen and oxygen atoms in total. The van der Waals surface area contributed by atoms with Gasteiger partial charge in [0.05, 0.1) is 17.0 Å². The van der Waals surface area contributed by atoms with Crippen molar-refractivity contribution in [2.45, 2.75) is 17.9 Å². The van der Waals surface area contributed by atoms with Crippen molar-refractivity contribution in [1.29, 1.82) is 0 Å². The number of carbonyl (C=O) groups excluding carboxylic acids is 1. The predicted molar refractivity (Wildman–Crippen MR) is 114 cm³/mol. The van der Waals surface area contributed by atoms with Crippen LogP contribution < -0.4 is 10.3 Å². The van der Waals surface area contributed by atoms with Crippen LogP contribution in [0.1, 0.15) is 32.7 Å². The molecule has 2 aromatic carbocycles. The van der Waals surface area contributed by atoms with Gasteiger partial charge in [-0.3, -0.25) is 14.5 Å². The van der Waals surface area contributed by atoms with E-state index in [4.69, 9.17) is 4.42 Å². The maximum absolute atomic E-state index is 13.8. The van der Waals surface area contributed by atoms with Gasteiger partial charge in [0.15, 0.2) is 5.43 Å². The maximum atomic E-state index is 13.8. The topological polar surface area (TPSA) is 76.3 Å². The molecule has 1 aliphatic heterocycles. The maximum Gasteiger partial charge on any atom is 0.297 e. The summed E-state index contributed by atoms with van der Waals surface area (Å²) in [6, 6.07) is 10.5. The van der Waals surface area contributed by atoms with Gasteiger partial charge in [0, 0.05) is 4.90 Å². The summed E-state index contributed by atoms with van der Waals surface area (Å²) in [6.45, 7) is 1.79. The Morgan fingerprint density at radius 2 is 1.90 bits per heavy atom. The minimum Gasteiger partial charge on any atom is -0.450 e. The van der Waals surface area contributed by atoms with Crippen LogP contribution in [0.4, 0.5) is 9.52 Å². The van der Waals surface area contributed by atoms with Gasteiger partial charge in [-0.25, -0.2) is 4.39 Å².